The van der Waals surface area contributed by atoms with Crippen molar-refractivity contribution in [1.29, 1.82) is 0 Å². The first-order valence-electron chi connectivity index (χ1n) is 10.2. The minimum atomic E-state index is 0.0349. The van der Waals surface area contributed by atoms with Crippen molar-refractivity contribution in [2.75, 3.05) is 44.7 Å². The van der Waals surface area contributed by atoms with Crippen LogP contribution < -0.4 is 19.9 Å². The highest BCUT2D eigenvalue weighted by atomic mass is 16.5. The fourth-order valence-electron chi connectivity index (χ4n) is 3.78. The average Bonchev–Trinajstić information content (AvgIpc) is 2.74. The molecule has 0 aliphatic carbocycles. The van der Waals surface area contributed by atoms with E-state index in [0.717, 1.165) is 49.6 Å². The van der Waals surface area contributed by atoms with Gasteiger partial charge in [-0.1, -0.05) is 43.3 Å². The van der Waals surface area contributed by atoms with Crippen molar-refractivity contribution >= 4 is 11.6 Å². The molecule has 1 aliphatic heterocycles. The summed E-state index contributed by atoms with van der Waals surface area (Å²) < 4.78 is 5.48. The fraction of sp³-hybridized carbons (Fsp3) is 0.435. The minimum Gasteiger partial charge on any atom is -0.495 e. The van der Waals surface area contributed by atoms with Gasteiger partial charge >= 0.3 is 0 Å². The van der Waals surface area contributed by atoms with Crippen molar-refractivity contribution < 1.29 is 14.4 Å². The Morgan fingerprint density at radius 2 is 1.82 bits per heavy atom. The van der Waals surface area contributed by atoms with Gasteiger partial charge in [-0.2, -0.15) is 0 Å². The number of methoxy groups -OCH3 is 1. The number of carbonyl (C=O) groups excluding carboxylic acids is 1. The second kappa shape index (κ2) is 9.60. The lowest BCUT2D eigenvalue weighted by atomic mass is 10.0. The summed E-state index contributed by atoms with van der Waals surface area (Å²) in [5, 5.41) is 3.15. The molecule has 28 heavy (non-hydrogen) atoms. The smallest absolute Gasteiger partial charge is 0.275 e. The van der Waals surface area contributed by atoms with Crippen LogP contribution in [0, 0.1) is 0 Å². The van der Waals surface area contributed by atoms with Gasteiger partial charge < -0.3 is 19.9 Å². The first-order valence-corrected chi connectivity index (χ1v) is 10.2. The van der Waals surface area contributed by atoms with E-state index in [1.54, 1.807) is 7.11 Å². The number of ether oxygens (including phenoxy) is 1. The van der Waals surface area contributed by atoms with Gasteiger partial charge in [0.25, 0.3) is 5.91 Å². The highest BCUT2D eigenvalue weighted by Gasteiger charge is 2.24. The summed E-state index contributed by atoms with van der Waals surface area (Å²) in [6.45, 7) is 8.48. The Morgan fingerprint density at radius 3 is 2.46 bits per heavy atom. The summed E-state index contributed by atoms with van der Waals surface area (Å²) in [5.41, 5.74) is 3.61. The van der Waals surface area contributed by atoms with Crippen LogP contribution in [0.3, 0.4) is 0 Å². The van der Waals surface area contributed by atoms with Crippen LogP contribution in [0.15, 0.2) is 48.5 Å². The van der Waals surface area contributed by atoms with Crippen molar-refractivity contribution in [2.24, 2.45) is 0 Å². The maximum absolute atomic E-state index is 12.5. The van der Waals surface area contributed by atoms with Crippen LogP contribution in [0.1, 0.15) is 31.0 Å². The van der Waals surface area contributed by atoms with E-state index < -0.39 is 0 Å². The largest absolute Gasteiger partial charge is 0.495 e. The topological polar surface area (TPSA) is 46.0 Å². The van der Waals surface area contributed by atoms with Gasteiger partial charge in [0.15, 0.2) is 6.54 Å². The lowest BCUT2D eigenvalue weighted by Crippen LogP contribution is -3.15. The van der Waals surface area contributed by atoms with Crippen molar-refractivity contribution in [3.8, 4) is 5.75 Å². The van der Waals surface area contributed by atoms with Gasteiger partial charge in [0.1, 0.15) is 5.75 Å². The molecule has 1 amide bonds. The predicted molar refractivity (Wildman–Crippen MR) is 113 cm³/mol. The molecule has 0 spiro atoms. The second-order valence-corrected chi connectivity index (χ2v) is 7.47. The van der Waals surface area contributed by atoms with Gasteiger partial charge in [-0.25, -0.2) is 0 Å². The molecule has 1 atom stereocenters. The highest BCUT2D eigenvalue weighted by Crippen LogP contribution is 2.27. The van der Waals surface area contributed by atoms with Gasteiger partial charge in [0, 0.05) is 0 Å². The lowest BCUT2D eigenvalue weighted by molar-refractivity contribution is -0.892. The van der Waals surface area contributed by atoms with E-state index in [1.165, 1.54) is 10.5 Å². The molecular formula is C23H32N3O2+. The van der Waals surface area contributed by atoms with Crippen molar-refractivity contribution in [3.63, 3.8) is 0 Å². The number of carbonyl (C=O) groups is 1. The van der Waals surface area contributed by atoms with E-state index in [1.807, 2.05) is 25.1 Å². The molecule has 2 aromatic rings. The quantitative estimate of drug-likeness (QED) is 0.768. The molecule has 0 radical (unpaired) electrons. The van der Waals surface area contributed by atoms with Crippen LogP contribution in [0.25, 0.3) is 0 Å². The number of nitrogens with one attached hydrogen (secondary N) is 2. The lowest BCUT2D eigenvalue weighted by Gasteiger charge is -2.34. The van der Waals surface area contributed by atoms with Crippen LogP contribution >= 0.6 is 0 Å². The number of amides is 1. The van der Waals surface area contributed by atoms with Crippen LogP contribution in [-0.4, -0.2) is 45.7 Å². The zero-order valence-electron chi connectivity index (χ0n) is 17.2. The number of anilines is 1. The number of hydrogen-bond donors (Lipinski definition) is 2. The van der Waals surface area contributed by atoms with E-state index >= 15 is 0 Å². The molecule has 0 aromatic heterocycles. The van der Waals surface area contributed by atoms with Gasteiger partial charge in [-0.3, -0.25) is 4.79 Å². The third-order valence-corrected chi connectivity index (χ3v) is 5.57. The summed E-state index contributed by atoms with van der Waals surface area (Å²) in [6.07, 6.45) is 1.03. The minimum absolute atomic E-state index is 0.0349. The SMILES string of the molecule is CCc1ccc([C@@H](C)NC(=O)C[NH+]2CCN(c3ccccc3OC)CC2)cc1. The van der Waals surface area contributed by atoms with Gasteiger partial charge in [-0.05, 0) is 36.6 Å². The third kappa shape index (κ3) is 5.04. The Bertz CT molecular complexity index is 768. The highest BCUT2D eigenvalue weighted by molar-refractivity contribution is 5.77. The van der Waals surface area contributed by atoms with Crippen molar-refractivity contribution in [3.05, 3.63) is 59.7 Å². The molecule has 0 unspecified atom stereocenters. The Labute approximate surface area is 168 Å². The Morgan fingerprint density at radius 1 is 1.14 bits per heavy atom. The number of hydrogen-bond acceptors (Lipinski definition) is 3. The number of nitrogens with zero attached hydrogens (tertiary/aromatic N) is 1. The maximum atomic E-state index is 12.5. The monoisotopic (exact) mass is 382 g/mol. The number of aryl methyl sites for hydroxylation is 1. The van der Waals surface area contributed by atoms with Crippen LogP contribution in [-0.2, 0) is 11.2 Å². The number of piperazine rings is 1. The summed E-state index contributed by atoms with van der Waals surface area (Å²) in [4.78, 5) is 16.2. The Kier molecular flexibility index (Phi) is 6.93. The molecule has 1 fully saturated rings. The first-order chi connectivity index (χ1) is 13.6. The number of quaternary nitrogens is 1. The summed E-state index contributed by atoms with van der Waals surface area (Å²) in [5.74, 6) is 1.03. The van der Waals surface area contributed by atoms with Crippen LogP contribution in [0.5, 0.6) is 5.75 Å². The normalized spacial score (nSPS) is 15.9. The summed E-state index contributed by atoms with van der Waals surface area (Å²) in [6, 6.07) is 16.7. The maximum Gasteiger partial charge on any atom is 0.275 e. The van der Waals surface area contributed by atoms with Crippen LogP contribution in [0.2, 0.25) is 0 Å². The molecule has 1 aliphatic rings. The molecule has 1 saturated heterocycles. The molecule has 5 heteroatoms. The van der Waals surface area contributed by atoms with E-state index in [9.17, 15) is 4.79 Å². The van der Waals surface area contributed by atoms with Gasteiger partial charge in [-0.15, -0.1) is 0 Å². The Balaban J connectivity index is 1.48. The van der Waals surface area contributed by atoms with Gasteiger partial charge in [0.05, 0.1) is 45.0 Å². The summed E-state index contributed by atoms with van der Waals surface area (Å²) >= 11 is 0. The number of benzene rings is 2. The molecule has 0 saturated carbocycles. The van der Waals surface area contributed by atoms with E-state index in [0.29, 0.717) is 6.54 Å². The second-order valence-electron chi connectivity index (χ2n) is 7.47. The standard InChI is InChI=1S/C23H31N3O2/c1-4-19-9-11-20(12-10-19)18(2)24-23(27)17-25-13-15-26(16-14-25)21-7-5-6-8-22(21)28-3/h5-12,18H,4,13-17H2,1-3H3,(H,24,27)/p+1/t18-/m1/s1. The van der Waals surface area contributed by atoms with Crippen molar-refractivity contribution in [2.45, 2.75) is 26.3 Å². The van der Waals surface area contributed by atoms with Crippen molar-refractivity contribution in [1.82, 2.24) is 5.32 Å². The van der Waals surface area contributed by atoms with E-state index in [4.69, 9.17) is 4.74 Å². The zero-order chi connectivity index (χ0) is 19.9. The fourth-order valence-corrected chi connectivity index (χ4v) is 3.78. The predicted octanol–water partition coefficient (Wildman–Crippen LogP) is 1.84. The first kappa shape index (κ1) is 20.2. The molecule has 5 nitrogen and oxygen atoms in total. The number of rotatable bonds is 7. The molecule has 1 heterocycles. The van der Waals surface area contributed by atoms with E-state index in [-0.39, 0.29) is 11.9 Å². The number of para-hydroxylation sites is 2. The molecule has 2 aromatic carbocycles. The van der Waals surface area contributed by atoms with Crippen LogP contribution in [0.4, 0.5) is 5.69 Å². The average molecular weight is 383 g/mol. The molecule has 2 N–H and O–H groups in total. The van der Waals surface area contributed by atoms with E-state index in [2.05, 4.69) is 47.5 Å². The molecular weight excluding hydrogens is 350 g/mol. The summed E-state index contributed by atoms with van der Waals surface area (Å²) in [7, 11) is 1.71. The molecule has 0 bridgehead atoms. The third-order valence-electron chi connectivity index (χ3n) is 5.57. The Hall–Kier alpha value is -2.53. The zero-order valence-corrected chi connectivity index (χ0v) is 17.2. The molecule has 150 valence electrons. The van der Waals surface area contributed by atoms with Gasteiger partial charge in [0.2, 0.25) is 0 Å². The molecule has 3 rings (SSSR count).